The van der Waals surface area contributed by atoms with Crippen LogP contribution in [0.5, 0.6) is 0 Å². The predicted octanol–water partition coefficient (Wildman–Crippen LogP) is 1.94. The number of nitrogens with zero attached hydrogens (tertiary/aromatic N) is 5. The number of benzene rings is 1. The Kier molecular flexibility index (Phi) is 6.44. The molecule has 0 bridgehead atoms. The molecule has 1 fully saturated rings. The fourth-order valence-electron chi connectivity index (χ4n) is 3.18. The van der Waals surface area contributed by atoms with E-state index in [1.165, 1.54) is 18.2 Å². The van der Waals surface area contributed by atoms with Crippen molar-refractivity contribution in [1.29, 1.82) is 0 Å². The molecule has 1 aromatic carbocycles. The molecule has 1 saturated carbocycles. The normalized spacial score (nSPS) is 14.4. The quantitative estimate of drug-likeness (QED) is 0.279. The maximum absolute atomic E-state index is 13.6. The van der Waals surface area contributed by atoms with E-state index in [1.54, 1.807) is 0 Å². The van der Waals surface area contributed by atoms with Gasteiger partial charge in [0.05, 0.1) is 10.2 Å². The van der Waals surface area contributed by atoms with Gasteiger partial charge in [-0.1, -0.05) is 16.7 Å². The highest BCUT2D eigenvalue weighted by Crippen LogP contribution is 2.26. The molecule has 0 atom stereocenters. The van der Waals surface area contributed by atoms with Gasteiger partial charge in [-0.2, -0.15) is 0 Å². The minimum absolute atomic E-state index is 0.0225. The summed E-state index contributed by atoms with van der Waals surface area (Å²) in [6.07, 6.45) is 3.72. The van der Waals surface area contributed by atoms with Gasteiger partial charge in [0, 0.05) is 12.5 Å². The SMILES string of the molecule is NC(=NCCCc1nonc1-c1noc(=O)n1-c1ccc(F)c(Br)c1)NC(=O)C1CCC1. The van der Waals surface area contributed by atoms with Gasteiger partial charge < -0.3 is 5.73 Å². The number of guanidine groups is 1. The summed E-state index contributed by atoms with van der Waals surface area (Å²) in [5.41, 5.74) is 6.73. The third-order valence-corrected chi connectivity index (χ3v) is 5.72. The monoisotopic (exact) mass is 507 g/mol. The number of carbonyl (C=O) groups excluding carboxylic acids is 1. The Hall–Kier alpha value is -3.35. The van der Waals surface area contributed by atoms with Crippen LogP contribution in [0.2, 0.25) is 0 Å². The Bertz CT molecular complexity index is 1210. The first-order valence-electron chi connectivity index (χ1n) is 9.90. The molecule has 2 aromatic heterocycles. The lowest BCUT2D eigenvalue weighted by atomic mass is 9.85. The van der Waals surface area contributed by atoms with E-state index in [0.717, 1.165) is 23.8 Å². The van der Waals surface area contributed by atoms with Gasteiger partial charge in [0.25, 0.3) is 0 Å². The molecule has 4 rings (SSSR count). The maximum Gasteiger partial charge on any atom is 0.446 e. The van der Waals surface area contributed by atoms with Gasteiger partial charge in [-0.05, 0) is 65.0 Å². The highest BCUT2D eigenvalue weighted by molar-refractivity contribution is 9.10. The van der Waals surface area contributed by atoms with Crippen LogP contribution in [0.25, 0.3) is 17.2 Å². The number of nitrogens with two attached hydrogens (primary N) is 1. The van der Waals surface area contributed by atoms with E-state index >= 15 is 0 Å². The van der Waals surface area contributed by atoms with Crippen molar-refractivity contribution >= 4 is 27.8 Å². The second-order valence-corrected chi connectivity index (χ2v) is 8.11. The number of amides is 1. The summed E-state index contributed by atoms with van der Waals surface area (Å²) in [5.74, 6) is -1.18. The van der Waals surface area contributed by atoms with Crippen LogP contribution in [-0.4, -0.2) is 38.4 Å². The summed E-state index contributed by atoms with van der Waals surface area (Å²) in [6.45, 7) is 0.333. The fourth-order valence-corrected chi connectivity index (χ4v) is 3.54. The molecular formula is C19H19BrFN7O4. The lowest BCUT2D eigenvalue weighted by molar-refractivity contribution is -0.125. The second-order valence-electron chi connectivity index (χ2n) is 7.25. The van der Waals surface area contributed by atoms with Crippen molar-refractivity contribution in [3.8, 4) is 17.2 Å². The average molecular weight is 508 g/mol. The summed E-state index contributed by atoms with van der Waals surface area (Å²) >= 11 is 3.09. The van der Waals surface area contributed by atoms with E-state index in [9.17, 15) is 14.0 Å². The second kappa shape index (κ2) is 9.42. The van der Waals surface area contributed by atoms with E-state index < -0.39 is 11.6 Å². The number of aryl methyl sites for hydroxylation is 1. The molecule has 3 N–H and O–H groups in total. The zero-order valence-electron chi connectivity index (χ0n) is 16.8. The summed E-state index contributed by atoms with van der Waals surface area (Å²) in [5, 5.41) is 14.1. The summed E-state index contributed by atoms with van der Waals surface area (Å²) in [4.78, 5) is 28.2. The Morgan fingerprint density at radius 3 is 2.88 bits per heavy atom. The van der Waals surface area contributed by atoms with E-state index in [0.29, 0.717) is 30.8 Å². The Balaban J connectivity index is 1.44. The molecule has 1 aliphatic carbocycles. The largest absolute Gasteiger partial charge is 0.446 e. The van der Waals surface area contributed by atoms with E-state index in [-0.39, 0.29) is 33.8 Å². The van der Waals surface area contributed by atoms with Crippen molar-refractivity contribution in [2.24, 2.45) is 16.6 Å². The molecule has 11 nitrogen and oxygen atoms in total. The first-order chi connectivity index (χ1) is 15.4. The van der Waals surface area contributed by atoms with Crippen LogP contribution >= 0.6 is 15.9 Å². The number of hydrogen-bond donors (Lipinski definition) is 2. The molecule has 32 heavy (non-hydrogen) atoms. The number of hydrogen-bond acceptors (Lipinski definition) is 8. The van der Waals surface area contributed by atoms with Crippen LogP contribution in [0.4, 0.5) is 4.39 Å². The minimum Gasteiger partial charge on any atom is -0.370 e. The number of aliphatic imine (C=N–C) groups is 1. The van der Waals surface area contributed by atoms with Crippen molar-refractivity contribution in [2.75, 3.05) is 6.54 Å². The van der Waals surface area contributed by atoms with Crippen molar-refractivity contribution in [2.45, 2.75) is 32.1 Å². The molecule has 0 spiro atoms. The van der Waals surface area contributed by atoms with Crippen LogP contribution in [0.1, 0.15) is 31.4 Å². The average Bonchev–Trinajstić information content (AvgIpc) is 3.32. The summed E-state index contributed by atoms with van der Waals surface area (Å²) in [7, 11) is 0. The third-order valence-electron chi connectivity index (χ3n) is 5.12. The van der Waals surface area contributed by atoms with Crippen LogP contribution in [-0.2, 0) is 11.2 Å². The number of halogens is 2. The van der Waals surface area contributed by atoms with Crippen LogP contribution in [0, 0.1) is 11.7 Å². The zero-order valence-corrected chi connectivity index (χ0v) is 18.3. The van der Waals surface area contributed by atoms with Gasteiger partial charge in [-0.15, -0.1) is 0 Å². The van der Waals surface area contributed by atoms with Gasteiger partial charge in [0.15, 0.2) is 11.7 Å². The first kappa shape index (κ1) is 21.9. The van der Waals surface area contributed by atoms with Gasteiger partial charge >= 0.3 is 5.76 Å². The van der Waals surface area contributed by atoms with Gasteiger partial charge in [0.1, 0.15) is 11.5 Å². The molecule has 0 radical (unpaired) electrons. The van der Waals surface area contributed by atoms with Crippen molar-refractivity contribution < 1.29 is 18.3 Å². The first-order valence-corrected chi connectivity index (χ1v) is 10.7. The fraction of sp³-hybridized carbons (Fsp3) is 0.368. The number of carbonyl (C=O) groups is 1. The molecule has 13 heteroatoms. The molecule has 168 valence electrons. The standard InChI is InChI=1S/C19H19BrFN7O4/c20-12-9-11(6-7-13(12)21)28-16(27-31-19(28)30)15-14(25-32-26-15)5-2-8-23-18(22)24-17(29)10-3-1-4-10/h6-7,9-10H,1-5,8H2,(H3,22,23,24,29). The Morgan fingerprint density at radius 1 is 1.34 bits per heavy atom. The summed E-state index contributed by atoms with van der Waals surface area (Å²) in [6, 6.07) is 4.03. The van der Waals surface area contributed by atoms with E-state index in [2.05, 4.69) is 41.7 Å². The molecule has 3 aromatic rings. The van der Waals surface area contributed by atoms with E-state index in [4.69, 9.17) is 14.9 Å². The minimum atomic E-state index is -0.771. The Morgan fingerprint density at radius 2 is 2.16 bits per heavy atom. The van der Waals surface area contributed by atoms with Crippen LogP contribution in [0.15, 0.2) is 41.6 Å². The van der Waals surface area contributed by atoms with Gasteiger partial charge in [-0.3, -0.25) is 19.6 Å². The maximum atomic E-state index is 13.6. The summed E-state index contributed by atoms with van der Waals surface area (Å²) < 4.78 is 24.5. The van der Waals surface area contributed by atoms with Crippen molar-refractivity contribution in [3.05, 3.63) is 44.7 Å². The van der Waals surface area contributed by atoms with E-state index in [1.807, 2.05) is 0 Å². The number of nitrogens with one attached hydrogen (secondary N) is 1. The molecule has 0 unspecified atom stereocenters. The molecule has 1 aliphatic rings. The number of aromatic nitrogens is 4. The highest BCUT2D eigenvalue weighted by atomic mass is 79.9. The predicted molar refractivity (Wildman–Crippen MR) is 113 cm³/mol. The highest BCUT2D eigenvalue weighted by Gasteiger charge is 2.25. The smallest absolute Gasteiger partial charge is 0.370 e. The van der Waals surface area contributed by atoms with Crippen LogP contribution < -0.4 is 16.8 Å². The van der Waals surface area contributed by atoms with Crippen molar-refractivity contribution in [1.82, 2.24) is 25.4 Å². The van der Waals surface area contributed by atoms with Crippen LogP contribution in [0.3, 0.4) is 0 Å². The van der Waals surface area contributed by atoms with Crippen molar-refractivity contribution in [3.63, 3.8) is 0 Å². The molecule has 0 aliphatic heterocycles. The third kappa shape index (κ3) is 4.61. The topological polar surface area (TPSA) is 154 Å². The van der Waals surface area contributed by atoms with Gasteiger partial charge in [0.2, 0.25) is 11.7 Å². The molecule has 1 amide bonds. The number of rotatable bonds is 7. The van der Waals surface area contributed by atoms with Gasteiger partial charge in [-0.25, -0.2) is 18.4 Å². The molecular weight excluding hydrogens is 489 g/mol. The molecule has 0 saturated heterocycles. The lowest BCUT2D eigenvalue weighted by Crippen LogP contribution is -2.42. The molecule has 2 heterocycles. The Labute approximate surface area is 188 Å². The zero-order chi connectivity index (χ0) is 22.7. The lowest BCUT2D eigenvalue weighted by Gasteiger charge is -2.23.